The Balaban J connectivity index is 1.41. The summed E-state index contributed by atoms with van der Waals surface area (Å²) in [5, 5.41) is 5.23. The lowest BCUT2D eigenvalue weighted by atomic mass is 10.2. The van der Waals surface area contributed by atoms with E-state index in [1.807, 2.05) is 42.5 Å². The summed E-state index contributed by atoms with van der Waals surface area (Å²) >= 11 is 4.69. The van der Waals surface area contributed by atoms with Crippen molar-refractivity contribution in [2.24, 2.45) is 0 Å². The highest BCUT2D eigenvalue weighted by Crippen LogP contribution is 2.30. The van der Waals surface area contributed by atoms with Gasteiger partial charge in [0.15, 0.2) is 0 Å². The minimum Gasteiger partial charge on any atom is -0.345 e. The van der Waals surface area contributed by atoms with Crippen LogP contribution in [0.1, 0.15) is 0 Å². The molecule has 0 radical (unpaired) electrons. The zero-order valence-electron chi connectivity index (χ0n) is 16.2. The molecule has 31 heavy (non-hydrogen) atoms. The van der Waals surface area contributed by atoms with Crippen LogP contribution in [0.3, 0.4) is 0 Å². The fourth-order valence-corrected chi connectivity index (χ4v) is 4.40. The average molecular weight is 497 g/mol. The van der Waals surface area contributed by atoms with Gasteiger partial charge in [-0.05, 0) is 39.7 Å². The Bertz CT molecular complexity index is 1320. The molecule has 0 fully saturated rings. The Morgan fingerprint density at radius 2 is 1.77 bits per heavy atom. The van der Waals surface area contributed by atoms with Gasteiger partial charge in [-0.3, -0.25) is 19.0 Å². The first kappa shape index (κ1) is 21.0. The fourth-order valence-electron chi connectivity index (χ4n) is 2.95. The summed E-state index contributed by atoms with van der Waals surface area (Å²) in [4.78, 5) is 42.4. The van der Waals surface area contributed by atoms with E-state index in [1.54, 1.807) is 18.2 Å². The number of thiophene rings is 1. The van der Waals surface area contributed by atoms with Crippen LogP contribution in [0.15, 0.2) is 76.3 Å². The number of hydrogen-bond acceptors (Lipinski definition) is 5. The summed E-state index contributed by atoms with van der Waals surface area (Å²) in [5.41, 5.74) is 1.92. The lowest BCUT2D eigenvalue weighted by Gasteiger charge is -2.09. The monoisotopic (exact) mass is 496 g/mol. The van der Waals surface area contributed by atoms with Crippen molar-refractivity contribution >= 4 is 55.0 Å². The number of aromatic nitrogens is 2. The number of fused-ring (bicyclic) bond motifs is 1. The van der Waals surface area contributed by atoms with Crippen LogP contribution < -0.4 is 16.2 Å². The second-order valence-corrected chi connectivity index (χ2v) is 8.58. The van der Waals surface area contributed by atoms with Gasteiger partial charge in [-0.2, -0.15) is 0 Å². The van der Waals surface area contributed by atoms with Gasteiger partial charge in [-0.1, -0.05) is 42.5 Å². The van der Waals surface area contributed by atoms with Crippen LogP contribution in [-0.4, -0.2) is 27.9 Å². The minimum atomic E-state index is -0.453. The van der Waals surface area contributed by atoms with E-state index in [0.717, 1.165) is 14.9 Å². The molecule has 156 valence electrons. The lowest BCUT2D eigenvalue weighted by Crippen LogP contribution is -2.37. The molecule has 7 nitrogen and oxygen atoms in total. The maximum atomic E-state index is 12.8. The summed E-state index contributed by atoms with van der Waals surface area (Å²) in [5.74, 6) is -0.822. The van der Waals surface area contributed by atoms with E-state index < -0.39 is 5.91 Å². The molecule has 0 aliphatic rings. The zero-order valence-corrected chi connectivity index (χ0v) is 18.6. The standard InChI is InChI=1S/C22H17BrN4O3S/c23-15-8-4-5-9-16(15)26-19(28)11-24-20(29)12-27-13-25-17-10-18(31-21(17)22(27)30)14-6-2-1-3-7-14/h1-10,13H,11-12H2,(H,24,29)(H,26,28). The number of amides is 2. The van der Waals surface area contributed by atoms with Gasteiger partial charge in [0.2, 0.25) is 11.8 Å². The Hall–Kier alpha value is -3.30. The second kappa shape index (κ2) is 9.23. The van der Waals surface area contributed by atoms with Crippen LogP contribution in [0.4, 0.5) is 5.69 Å². The topological polar surface area (TPSA) is 93.1 Å². The van der Waals surface area contributed by atoms with E-state index in [0.29, 0.717) is 15.9 Å². The molecule has 0 saturated heterocycles. The summed E-state index contributed by atoms with van der Waals surface area (Å²) in [6.07, 6.45) is 1.35. The lowest BCUT2D eigenvalue weighted by molar-refractivity contribution is -0.124. The normalized spacial score (nSPS) is 10.7. The molecular formula is C22H17BrN4O3S. The van der Waals surface area contributed by atoms with E-state index in [2.05, 4.69) is 31.5 Å². The highest BCUT2D eigenvalue weighted by Gasteiger charge is 2.13. The molecule has 9 heteroatoms. The van der Waals surface area contributed by atoms with E-state index in [-0.39, 0.29) is 24.6 Å². The predicted octanol–water partition coefficient (Wildman–Crippen LogP) is 3.64. The van der Waals surface area contributed by atoms with Crippen molar-refractivity contribution in [1.82, 2.24) is 14.9 Å². The molecule has 4 aromatic rings. The number of carbonyl (C=O) groups excluding carboxylic acids is 2. The molecule has 2 heterocycles. The molecule has 0 aliphatic heterocycles. The number of benzene rings is 2. The number of anilines is 1. The molecule has 2 amide bonds. The van der Waals surface area contributed by atoms with E-state index >= 15 is 0 Å². The number of nitrogens with one attached hydrogen (secondary N) is 2. The largest absolute Gasteiger partial charge is 0.345 e. The Morgan fingerprint density at radius 3 is 2.55 bits per heavy atom. The number of carbonyl (C=O) groups is 2. The molecule has 0 unspecified atom stereocenters. The van der Waals surface area contributed by atoms with Gasteiger partial charge in [-0.15, -0.1) is 11.3 Å². The average Bonchev–Trinajstić information content (AvgIpc) is 3.22. The maximum absolute atomic E-state index is 12.8. The van der Waals surface area contributed by atoms with Crippen LogP contribution in [0.25, 0.3) is 20.7 Å². The Labute approximate surface area is 189 Å². The Morgan fingerprint density at radius 1 is 1.03 bits per heavy atom. The fraction of sp³-hybridized carbons (Fsp3) is 0.0909. The highest BCUT2D eigenvalue weighted by atomic mass is 79.9. The Kier molecular flexibility index (Phi) is 6.24. The molecular weight excluding hydrogens is 480 g/mol. The van der Waals surface area contributed by atoms with E-state index in [4.69, 9.17) is 0 Å². The van der Waals surface area contributed by atoms with Gasteiger partial charge in [0.25, 0.3) is 5.56 Å². The number of hydrogen-bond donors (Lipinski definition) is 2. The molecule has 0 aliphatic carbocycles. The van der Waals surface area contributed by atoms with Gasteiger partial charge in [-0.25, -0.2) is 4.98 Å². The van der Waals surface area contributed by atoms with Crippen LogP contribution in [0, 0.1) is 0 Å². The molecule has 2 N–H and O–H groups in total. The van der Waals surface area contributed by atoms with E-state index in [9.17, 15) is 14.4 Å². The smallest absolute Gasteiger partial charge is 0.271 e. The van der Waals surface area contributed by atoms with Gasteiger partial charge in [0, 0.05) is 9.35 Å². The number of halogens is 1. The van der Waals surface area contributed by atoms with E-state index in [1.165, 1.54) is 22.2 Å². The summed E-state index contributed by atoms with van der Waals surface area (Å²) in [6, 6.07) is 18.8. The molecule has 2 aromatic heterocycles. The van der Waals surface area contributed by atoms with Gasteiger partial charge < -0.3 is 10.6 Å². The van der Waals surface area contributed by atoms with Crippen molar-refractivity contribution < 1.29 is 9.59 Å². The van der Waals surface area contributed by atoms with Gasteiger partial charge in [0.05, 0.1) is 24.1 Å². The van der Waals surface area contributed by atoms with Gasteiger partial charge >= 0.3 is 0 Å². The van der Waals surface area contributed by atoms with Crippen molar-refractivity contribution in [3.8, 4) is 10.4 Å². The third kappa shape index (κ3) is 4.89. The number of rotatable bonds is 6. The molecule has 0 bridgehead atoms. The first-order valence-corrected chi connectivity index (χ1v) is 11.0. The van der Waals surface area contributed by atoms with Crippen molar-refractivity contribution in [3.63, 3.8) is 0 Å². The highest BCUT2D eigenvalue weighted by molar-refractivity contribution is 9.10. The number of para-hydroxylation sites is 1. The SMILES string of the molecule is O=C(Cn1cnc2cc(-c3ccccc3)sc2c1=O)NCC(=O)Nc1ccccc1Br. The van der Waals surface area contributed by atoms with Crippen molar-refractivity contribution in [2.75, 3.05) is 11.9 Å². The molecule has 2 aromatic carbocycles. The quantitative estimate of drug-likeness (QED) is 0.426. The third-order valence-corrected chi connectivity index (χ3v) is 6.32. The van der Waals surface area contributed by atoms with Crippen LogP contribution in [0.5, 0.6) is 0 Å². The second-order valence-electron chi connectivity index (χ2n) is 6.67. The first-order valence-electron chi connectivity index (χ1n) is 9.37. The van der Waals surface area contributed by atoms with Crippen molar-refractivity contribution in [1.29, 1.82) is 0 Å². The molecule has 0 spiro atoms. The maximum Gasteiger partial charge on any atom is 0.271 e. The predicted molar refractivity (Wildman–Crippen MR) is 125 cm³/mol. The van der Waals surface area contributed by atoms with Crippen LogP contribution in [0.2, 0.25) is 0 Å². The number of nitrogens with zero attached hydrogens (tertiary/aromatic N) is 2. The molecule has 4 rings (SSSR count). The molecule has 0 atom stereocenters. The first-order chi connectivity index (χ1) is 15.0. The third-order valence-electron chi connectivity index (χ3n) is 4.47. The van der Waals surface area contributed by atoms with Gasteiger partial charge in [0.1, 0.15) is 11.2 Å². The minimum absolute atomic E-state index is 0.207. The van der Waals surface area contributed by atoms with Crippen LogP contribution >= 0.6 is 27.3 Å². The summed E-state index contributed by atoms with van der Waals surface area (Å²) < 4.78 is 2.47. The van der Waals surface area contributed by atoms with Crippen LogP contribution in [-0.2, 0) is 16.1 Å². The van der Waals surface area contributed by atoms with Crippen molar-refractivity contribution in [2.45, 2.75) is 6.54 Å². The molecule has 0 saturated carbocycles. The van der Waals surface area contributed by atoms with Crippen molar-refractivity contribution in [3.05, 3.63) is 81.8 Å². The summed E-state index contributed by atoms with van der Waals surface area (Å²) in [6.45, 7) is -0.426. The zero-order chi connectivity index (χ0) is 21.8. The summed E-state index contributed by atoms with van der Waals surface area (Å²) in [7, 11) is 0.